The fraction of sp³-hybridized carbons (Fsp3) is 0.263. The van der Waals surface area contributed by atoms with Crippen LogP contribution < -0.4 is 20.6 Å². The van der Waals surface area contributed by atoms with E-state index in [4.69, 9.17) is 4.74 Å². The van der Waals surface area contributed by atoms with E-state index in [2.05, 4.69) is 20.2 Å². The smallest absolute Gasteiger partial charge is 0.323 e. The van der Waals surface area contributed by atoms with Crippen LogP contribution >= 0.6 is 0 Å². The molecule has 0 unspecified atom stereocenters. The molecule has 3 aromatic rings. The first kappa shape index (κ1) is 17.1. The molecule has 27 heavy (non-hydrogen) atoms. The van der Waals surface area contributed by atoms with E-state index in [-0.39, 0.29) is 17.0 Å². The van der Waals surface area contributed by atoms with Crippen LogP contribution in [0.1, 0.15) is 23.2 Å². The number of imidazole rings is 1. The Balaban J connectivity index is 1.75. The van der Waals surface area contributed by atoms with E-state index in [0.717, 1.165) is 31.6 Å². The van der Waals surface area contributed by atoms with Crippen molar-refractivity contribution in [2.75, 3.05) is 30.4 Å². The van der Waals surface area contributed by atoms with E-state index in [1.807, 2.05) is 6.07 Å². The van der Waals surface area contributed by atoms with Gasteiger partial charge < -0.3 is 24.9 Å². The van der Waals surface area contributed by atoms with E-state index >= 15 is 0 Å². The number of ether oxygens (including phenoxy) is 1. The van der Waals surface area contributed by atoms with Crippen LogP contribution in [-0.2, 0) is 0 Å². The number of nitrogens with one attached hydrogen (secondary N) is 3. The van der Waals surface area contributed by atoms with Crippen LogP contribution in [0.5, 0.6) is 5.75 Å². The second kappa shape index (κ2) is 6.79. The number of rotatable bonds is 4. The third kappa shape index (κ3) is 3.14. The first-order valence-electron chi connectivity index (χ1n) is 8.71. The van der Waals surface area contributed by atoms with Crippen LogP contribution in [0.2, 0.25) is 0 Å². The quantitative estimate of drug-likeness (QED) is 0.659. The summed E-state index contributed by atoms with van der Waals surface area (Å²) in [4.78, 5) is 31.9. The highest BCUT2D eigenvalue weighted by atomic mass is 19.1. The second-order valence-electron chi connectivity index (χ2n) is 6.46. The number of methoxy groups -OCH3 is 1. The van der Waals surface area contributed by atoms with Gasteiger partial charge in [0.25, 0.3) is 5.91 Å². The minimum Gasteiger partial charge on any atom is -0.494 e. The molecule has 1 aromatic heterocycles. The van der Waals surface area contributed by atoms with E-state index in [0.29, 0.717) is 16.7 Å². The Morgan fingerprint density at radius 1 is 1.19 bits per heavy atom. The lowest BCUT2D eigenvalue weighted by atomic mass is 10.1. The van der Waals surface area contributed by atoms with Gasteiger partial charge in [0.05, 0.1) is 35.1 Å². The summed E-state index contributed by atoms with van der Waals surface area (Å²) >= 11 is 0. The number of hydrogen-bond donors (Lipinski definition) is 3. The van der Waals surface area contributed by atoms with E-state index in [1.165, 1.54) is 19.2 Å². The molecule has 2 heterocycles. The minimum absolute atomic E-state index is 0.00725. The highest BCUT2D eigenvalue weighted by Gasteiger charge is 2.21. The maximum atomic E-state index is 14.4. The van der Waals surface area contributed by atoms with Crippen LogP contribution in [0, 0.1) is 5.82 Å². The Labute approximate surface area is 154 Å². The molecule has 4 rings (SSSR count). The number of benzene rings is 2. The zero-order valence-corrected chi connectivity index (χ0v) is 14.8. The highest BCUT2D eigenvalue weighted by molar-refractivity contribution is 6.07. The Morgan fingerprint density at radius 2 is 1.89 bits per heavy atom. The van der Waals surface area contributed by atoms with Crippen LogP contribution in [-0.4, -0.2) is 36.1 Å². The number of aromatic amines is 2. The van der Waals surface area contributed by atoms with Crippen molar-refractivity contribution >= 4 is 28.3 Å². The van der Waals surface area contributed by atoms with Crippen LogP contribution in [0.3, 0.4) is 0 Å². The van der Waals surface area contributed by atoms with Gasteiger partial charge in [0.15, 0.2) is 11.6 Å². The number of nitrogens with zero attached hydrogens (tertiary/aromatic N) is 1. The van der Waals surface area contributed by atoms with Crippen LogP contribution in [0.25, 0.3) is 11.0 Å². The molecule has 140 valence electrons. The van der Waals surface area contributed by atoms with Gasteiger partial charge in [0.2, 0.25) is 0 Å². The molecule has 1 saturated heterocycles. The molecule has 1 fully saturated rings. The second-order valence-corrected chi connectivity index (χ2v) is 6.46. The molecule has 0 spiro atoms. The third-order valence-electron chi connectivity index (χ3n) is 4.76. The molecule has 0 aliphatic carbocycles. The van der Waals surface area contributed by atoms with Crippen molar-refractivity contribution in [1.82, 2.24) is 9.97 Å². The van der Waals surface area contributed by atoms with Gasteiger partial charge in [0, 0.05) is 13.1 Å². The maximum Gasteiger partial charge on any atom is 0.323 e. The predicted molar refractivity (Wildman–Crippen MR) is 101 cm³/mol. The summed E-state index contributed by atoms with van der Waals surface area (Å²) in [6, 6.07) is 7.94. The van der Waals surface area contributed by atoms with Gasteiger partial charge in [-0.15, -0.1) is 0 Å². The van der Waals surface area contributed by atoms with Gasteiger partial charge in [0.1, 0.15) is 0 Å². The molecule has 1 amide bonds. The molecule has 1 aliphatic rings. The van der Waals surface area contributed by atoms with Gasteiger partial charge in [-0.05, 0) is 37.1 Å². The molecule has 1 aliphatic heterocycles. The Kier molecular flexibility index (Phi) is 4.31. The molecule has 7 nitrogen and oxygen atoms in total. The Morgan fingerprint density at radius 3 is 2.59 bits per heavy atom. The van der Waals surface area contributed by atoms with Crippen molar-refractivity contribution in [2.24, 2.45) is 0 Å². The molecule has 0 radical (unpaired) electrons. The average Bonchev–Trinajstić information content (AvgIpc) is 3.29. The van der Waals surface area contributed by atoms with Gasteiger partial charge >= 0.3 is 5.69 Å². The largest absolute Gasteiger partial charge is 0.494 e. The summed E-state index contributed by atoms with van der Waals surface area (Å²) in [6.45, 7) is 1.72. The molecular formula is C19H19FN4O3. The van der Waals surface area contributed by atoms with E-state index in [9.17, 15) is 14.0 Å². The summed E-state index contributed by atoms with van der Waals surface area (Å²) in [6.07, 6.45) is 2.11. The van der Waals surface area contributed by atoms with Crippen molar-refractivity contribution < 1.29 is 13.9 Å². The number of hydrogen-bond acceptors (Lipinski definition) is 4. The third-order valence-corrected chi connectivity index (χ3v) is 4.76. The number of amides is 1. The molecule has 2 aromatic carbocycles. The van der Waals surface area contributed by atoms with Gasteiger partial charge in [-0.3, -0.25) is 4.79 Å². The highest BCUT2D eigenvalue weighted by Crippen LogP contribution is 2.33. The zero-order chi connectivity index (χ0) is 19.0. The summed E-state index contributed by atoms with van der Waals surface area (Å²) in [5.74, 6) is -1.28. The van der Waals surface area contributed by atoms with Crippen molar-refractivity contribution in [1.29, 1.82) is 0 Å². The van der Waals surface area contributed by atoms with E-state index < -0.39 is 11.7 Å². The lowest BCUT2D eigenvalue weighted by Gasteiger charge is -2.22. The molecular weight excluding hydrogens is 351 g/mol. The molecule has 8 heteroatoms. The lowest BCUT2D eigenvalue weighted by molar-refractivity contribution is 0.102. The lowest BCUT2D eigenvalue weighted by Crippen LogP contribution is -2.21. The SMILES string of the molecule is COc1cccc(C(=O)Nc2cc3[nH]c(=O)[nH]c3cc2N2CCCC2)c1F. The number of halogens is 1. The van der Waals surface area contributed by atoms with Crippen molar-refractivity contribution in [3.63, 3.8) is 0 Å². The molecule has 0 bridgehead atoms. The summed E-state index contributed by atoms with van der Waals surface area (Å²) in [5.41, 5.74) is 2.12. The zero-order valence-electron chi connectivity index (χ0n) is 14.8. The predicted octanol–water partition coefficient (Wildman–Crippen LogP) is 2.86. The standard InChI is InChI=1S/C19H19FN4O3/c1-27-16-6-4-5-11(17(16)20)18(25)21-14-9-12-13(23-19(26)22-12)10-15(14)24-7-2-3-8-24/h4-6,9-10H,2-3,7-8H2,1H3,(H,21,25)(H2,22,23,26). The molecule has 0 atom stereocenters. The topological polar surface area (TPSA) is 90.2 Å². The number of aromatic nitrogens is 2. The van der Waals surface area contributed by atoms with Crippen molar-refractivity contribution in [3.8, 4) is 5.75 Å². The van der Waals surface area contributed by atoms with Gasteiger partial charge in [-0.25, -0.2) is 9.18 Å². The normalized spacial score (nSPS) is 13.9. The Hall–Kier alpha value is -3.29. The average molecular weight is 370 g/mol. The van der Waals surface area contributed by atoms with Crippen molar-refractivity contribution in [2.45, 2.75) is 12.8 Å². The molecule has 3 N–H and O–H groups in total. The summed E-state index contributed by atoms with van der Waals surface area (Å²) in [7, 11) is 1.35. The fourth-order valence-electron chi connectivity index (χ4n) is 3.42. The van der Waals surface area contributed by atoms with Gasteiger partial charge in [-0.1, -0.05) is 6.07 Å². The van der Waals surface area contributed by atoms with Gasteiger partial charge in [-0.2, -0.15) is 0 Å². The first-order valence-corrected chi connectivity index (χ1v) is 8.71. The number of carbonyl (C=O) groups excluding carboxylic acids is 1. The van der Waals surface area contributed by atoms with Crippen LogP contribution in [0.15, 0.2) is 35.1 Å². The fourth-order valence-corrected chi connectivity index (χ4v) is 3.42. The summed E-state index contributed by atoms with van der Waals surface area (Å²) in [5, 5.41) is 2.79. The number of carbonyl (C=O) groups is 1. The minimum atomic E-state index is -0.712. The monoisotopic (exact) mass is 370 g/mol. The molecule has 0 saturated carbocycles. The van der Waals surface area contributed by atoms with Crippen molar-refractivity contribution in [3.05, 3.63) is 52.2 Å². The van der Waals surface area contributed by atoms with E-state index in [1.54, 1.807) is 12.1 Å². The summed E-state index contributed by atoms with van der Waals surface area (Å²) < 4.78 is 19.4. The number of anilines is 2. The maximum absolute atomic E-state index is 14.4. The number of H-pyrrole nitrogens is 2. The first-order chi connectivity index (χ1) is 13.1. The Bertz CT molecular complexity index is 1070. The van der Waals surface area contributed by atoms with Crippen LogP contribution in [0.4, 0.5) is 15.8 Å². The number of fused-ring (bicyclic) bond motifs is 1.